The molecule has 2 heterocycles. The topological polar surface area (TPSA) is 96.8 Å². The van der Waals surface area contributed by atoms with E-state index in [1.165, 1.54) is 11.8 Å². The van der Waals surface area contributed by atoms with Crippen LogP contribution in [0.15, 0.2) is 134 Å². The van der Waals surface area contributed by atoms with Gasteiger partial charge in [0, 0.05) is 31.1 Å². The third-order valence-corrected chi connectivity index (χ3v) is 9.46. The third-order valence-electron chi connectivity index (χ3n) is 9.46. The van der Waals surface area contributed by atoms with Crippen LogP contribution in [0.25, 0.3) is 22.2 Å². The normalized spacial score (nSPS) is 18.9. The SMILES string of the molecule is C[C@H]1[C@@H](CN(C)Cc2ccccc2)O[C@@H](c2cccc(-c3cccc(CNC(=O)c4cnc5ccccc5n4)c3)c2)O[C@H]1c1ccc(CO)cc1. The number of amides is 1. The zero-order chi connectivity index (χ0) is 35.2. The summed E-state index contributed by atoms with van der Waals surface area (Å²) in [5, 5.41) is 12.6. The number of aromatic nitrogens is 2. The average molecular weight is 679 g/mol. The van der Waals surface area contributed by atoms with Crippen molar-refractivity contribution in [2.45, 2.75) is 45.1 Å². The lowest BCUT2D eigenvalue weighted by molar-refractivity contribution is -0.276. The number of rotatable bonds is 11. The molecule has 1 fully saturated rings. The molecule has 8 nitrogen and oxygen atoms in total. The van der Waals surface area contributed by atoms with Crippen molar-refractivity contribution in [2.75, 3.05) is 13.6 Å². The molecular weight excluding hydrogens is 636 g/mol. The first-order valence-corrected chi connectivity index (χ1v) is 17.4. The number of aliphatic hydroxyl groups excluding tert-OH is 1. The predicted molar refractivity (Wildman–Crippen MR) is 198 cm³/mol. The molecule has 1 amide bonds. The summed E-state index contributed by atoms with van der Waals surface area (Å²) in [6, 6.07) is 42.4. The molecule has 7 rings (SSSR count). The molecule has 1 saturated heterocycles. The highest BCUT2D eigenvalue weighted by Crippen LogP contribution is 2.42. The van der Waals surface area contributed by atoms with E-state index in [1.54, 1.807) is 0 Å². The summed E-state index contributed by atoms with van der Waals surface area (Å²) >= 11 is 0. The molecule has 5 aromatic carbocycles. The summed E-state index contributed by atoms with van der Waals surface area (Å²) in [6.07, 6.45) is 0.637. The van der Waals surface area contributed by atoms with Gasteiger partial charge >= 0.3 is 0 Å². The molecule has 0 aliphatic carbocycles. The molecule has 4 atom stereocenters. The molecule has 6 aromatic rings. The van der Waals surface area contributed by atoms with Gasteiger partial charge in [0.1, 0.15) is 5.69 Å². The van der Waals surface area contributed by atoms with Crippen molar-refractivity contribution in [3.8, 4) is 11.1 Å². The minimum absolute atomic E-state index is 0.000497. The highest BCUT2D eigenvalue weighted by molar-refractivity contribution is 5.93. The summed E-state index contributed by atoms with van der Waals surface area (Å²) in [7, 11) is 2.13. The summed E-state index contributed by atoms with van der Waals surface area (Å²) in [5.41, 5.74) is 8.84. The number of aliphatic hydroxyl groups is 1. The number of nitrogens with zero attached hydrogens (tertiary/aromatic N) is 3. The molecule has 1 aliphatic rings. The number of fused-ring (bicyclic) bond motifs is 1. The average Bonchev–Trinajstić information content (AvgIpc) is 3.18. The minimum atomic E-state index is -0.579. The molecule has 1 aliphatic heterocycles. The van der Waals surface area contributed by atoms with E-state index in [2.05, 4.69) is 88.8 Å². The van der Waals surface area contributed by atoms with Crippen LogP contribution < -0.4 is 5.32 Å². The summed E-state index contributed by atoms with van der Waals surface area (Å²) in [6.45, 7) is 4.09. The van der Waals surface area contributed by atoms with Gasteiger partial charge in [-0.25, -0.2) is 4.98 Å². The van der Waals surface area contributed by atoms with Crippen LogP contribution >= 0.6 is 0 Å². The van der Waals surface area contributed by atoms with Crippen molar-refractivity contribution in [3.05, 3.63) is 167 Å². The van der Waals surface area contributed by atoms with Gasteiger partial charge in [0.15, 0.2) is 6.29 Å². The molecule has 51 heavy (non-hydrogen) atoms. The minimum Gasteiger partial charge on any atom is -0.392 e. The monoisotopic (exact) mass is 678 g/mol. The Labute approximate surface area is 298 Å². The van der Waals surface area contributed by atoms with Crippen LogP contribution in [0.4, 0.5) is 0 Å². The van der Waals surface area contributed by atoms with Crippen molar-refractivity contribution in [1.82, 2.24) is 20.2 Å². The van der Waals surface area contributed by atoms with E-state index in [1.807, 2.05) is 72.8 Å². The first-order valence-electron chi connectivity index (χ1n) is 17.4. The summed E-state index contributed by atoms with van der Waals surface area (Å²) < 4.78 is 13.5. The Morgan fingerprint density at radius 2 is 1.47 bits per heavy atom. The maximum absolute atomic E-state index is 12.9. The Kier molecular flexibility index (Phi) is 10.6. The van der Waals surface area contributed by atoms with Crippen LogP contribution in [0.3, 0.4) is 0 Å². The fourth-order valence-electron chi connectivity index (χ4n) is 6.66. The van der Waals surface area contributed by atoms with Crippen LogP contribution in [0.1, 0.15) is 57.6 Å². The highest BCUT2D eigenvalue weighted by atomic mass is 16.7. The van der Waals surface area contributed by atoms with Gasteiger partial charge in [-0.3, -0.25) is 14.7 Å². The summed E-state index contributed by atoms with van der Waals surface area (Å²) in [4.78, 5) is 24.1. The van der Waals surface area contributed by atoms with E-state index >= 15 is 0 Å². The number of nitrogens with one attached hydrogen (secondary N) is 1. The Bertz CT molecular complexity index is 2090. The van der Waals surface area contributed by atoms with Crippen LogP contribution in [-0.4, -0.2) is 45.6 Å². The molecule has 0 radical (unpaired) electrons. The number of ether oxygens (including phenoxy) is 2. The largest absolute Gasteiger partial charge is 0.392 e. The molecule has 0 unspecified atom stereocenters. The Balaban J connectivity index is 1.09. The first-order chi connectivity index (χ1) is 24.9. The van der Waals surface area contributed by atoms with Gasteiger partial charge in [-0.1, -0.05) is 110 Å². The Morgan fingerprint density at radius 3 is 2.25 bits per heavy atom. The van der Waals surface area contributed by atoms with Crippen molar-refractivity contribution >= 4 is 16.9 Å². The second-order valence-corrected chi connectivity index (χ2v) is 13.3. The van der Waals surface area contributed by atoms with Crippen LogP contribution in [0.2, 0.25) is 0 Å². The molecule has 258 valence electrons. The fourth-order valence-corrected chi connectivity index (χ4v) is 6.66. The van der Waals surface area contributed by atoms with Crippen molar-refractivity contribution in [1.29, 1.82) is 0 Å². The van der Waals surface area contributed by atoms with Crippen LogP contribution in [-0.2, 0) is 29.2 Å². The Morgan fingerprint density at radius 1 is 0.765 bits per heavy atom. The summed E-state index contributed by atoms with van der Waals surface area (Å²) in [5.74, 6) is -0.193. The standard InChI is InChI=1S/C43H42N4O4/c1-29-40(27-47(2)26-30-10-4-3-5-11-30)50-43(51-41(29)33-20-18-31(28-48)19-21-33)36-15-9-14-35(23-36)34-13-8-12-32(22-34)24-45-42(49)39-25-44-37-16-6-7-17-38(37)46-39/h3-23,25,29,40-41,43,48H,24,26-28H2,1-2H3,(H,45,49)/t29-,40+,41+,43+/m0/s1. The number of benzene rings is 5. The van der Waals surface area contributed by atoms with Crippen molar-refractivity contribution in [3.63, 3.8) is 0 Å². The first kappa shape index (κ1) is 34.2. The van der Waals surface area contributed by atoms with Gasteiger partial charge in [0.2, 0.25) is 0 Å². The molecule has 0 saturated carbocycles. The molecule has 0 spiro atoms. The van der Waals surface area contributed by atoms with E-state index in [4.69, 9.17) is 9.47 Å². The zero-order valence-electron chi connectivity index (χ0n) is 28.9. The van der Waals surface area contributed by atoms with Gasteiger partial charge in [-0.2, -0.15) is 0 Å². The van der Waals surface area contributed by atoms with E-state index in [-0.39, 0.29) is 36.3 Å². The number of hydrogen-bond donors (Lipinski definition) is 2. The molecule has 0 bridgehead atoms. The number of likely N-dealkylation sites (N-methyl/N-ethyl adjacent to an activating group) is 1. The van der Waals surface area contributed by atoms with E-state index in [0.29, 0.717) is 12.1 Å². The van der Waals surface area contributed by atoms with E-state index in [0.717, 1.165) is 52.0 Å². The Hall–Kier alpha value is -5.25. The zero-order valence-corrected chi connectivity index (χ0v) is 28.9. The number of hydrogen-bond acceptors (Lipinski definition) is 7. The number of para-hydroxylation sites is 2. The highest BCUT2D eigenvalue weighted by Gasteiger charge is 2.39. The predicted octanol–water partition coefficient (Wildman–Crippen LogP) is 7.64. The van der Waals surface area contributed by atoms with Crippen LogP contribution in [0.5, 0.6) is 0 Å². The second kappa shape index (κ2) is 15.7. The fraction of sp³-hybridized carbons (Fsp3) is 0.233. The number of carbonyl (C=O) groups is 1. The lowest BCUT2D eigenvalue weighted by atomic mass is 9.90. The third kappa shape index (κ3) is 8.22. The van der Waals surface area contributed by atoms with Gasteiger partial charge in [0.05, 0.1) is 36.0 Å². The maximum Gasteiger partial charge on any atom is 0.271 e. The van der Waals surface area contributed by atoms with E-state index < -0.39 is 6.29 Å². The van der Waals surface area contributed by atoms with Crippen molar-refractivity contribution in [2.24, 2.45) is 5.92 Å². The van der Waals surface area contributed by atoms with Gasteiger partial charge in [-0.05, 0) is 64.7 Å². The van der Waals surface area contributed by atoms with Gasteiger partial charge in [0.25, 0.3) is 5.91 Å². The second-order valence-electron chi connectivity index (χ2n) is 13.3. The molecule has 1 aromatic heterocycles. The molecule has 2 N–H and O–H groups in total. The smallest absolute Gasteiger partial charge is 0.271 e. The maximum atomic E-state index is 12.9. The number of carbonyl (C=O) groups excluding carboxylic acids is 1. The lowest BCUT2D eigenvalue weighted by Gasteiger charge is -2.42. The molecule has 8 heteroatoms. The van der Waals surface area contributed by atoms with Gasteiger partial charge < -0.3 is 19.9 Å². The van der Waals surface area contributed by atoms with E-state index in [9.17, 15) is 9.90 Å². The quantitative estimate of drug-likeness (QED) is 0.145. The van der Waals surface area contributed by atoms with Gasteiger partial charge in [-0.15, -0.1) is 0 Å². The molecular formula is C43H42N4O4. The lowest BCUT2D eigenvalue weighted by Crippen LogP contribution is -2.43. The van der Waals surface area contributed by atoms with Crippen molar-refractivity contribution < 1.29 is 19.4 Å². The van der Waals surface area contributed by atoms with Crippen LogP contribution in [0, 0.1) is 5.92 Å².